The molecule has 0 amide bonds. The summed E-state index contributed by atoms with van der Waals surface area (Å²) in [6, 6.07) is 10.3. The van der Waals surface area contributed by atoms with Crippen LogP contribution in [-0.2, 0) is 10.0 Å². The summed E-state index contributed by atoms with van der Waals surface area (Å²) in [4.78, 5) is 0. The summed E-state index contributed by atoms with van der Waals surface area (Å²) in [6.07, 6.45) is 0. The van der Waals surface area contributed by atoms with Gasteiger partial charge in [-0.1, -0.05) is 0 Å². The van der Waals surface area contributed by atoms with Gasteiger partial charge in [0.2, 0.25) is 0 Å². The number of benzene rings is 1. The van der Waals surface area contributed by atoms with Crippen LogP contribution >= 0.6 is 27.3 Å². The zero-order valence-electron chi connectivity index (χ0n) is 9.48. The van der Waals surface area contributed by atoms with Gasteiger partial charge in [-0.25, -0.2) is 8.42 Å². The molecule has 2 N–H and O–H groups in total. The molecule has 7 heteroatoms. The van der Waals surface area contributed by atoms with Crippen LogP contribution in [-0.4, -0.2) is 15.5 Å². The summed E-state index contributed by atoms with van der Waals surface area (Å²) in [7, 11) is -1.69. The van der Waals surface area contributed by atoms with E-state index in [9.17, 15) is 8.42 Å². The first-order chi connectivity index (χ1) is 8.51. The Bertz CT molecular complexity index is 635. The summed E-state index contributed by atoms with van der Waals surface area (Å²) in [6.45, 7) is 0. The van der Waals surface area contributed by atoms with Crippen LogP contribution in [0.5, 0.6) is 0 Å². The Morgan fingerprint density at radius 2 is 1.67 bits per heavy atom. The standard InChI is InChI=1S/C11H11BrN2O2S2/c1-13-8-2-4-9(5-3-8)14-18(15,16)11-7-6-10(12)17-11/h2-7,13-14H,1H3. The van der Waals surface area contributed by atoms with Crippen molar-refractivity contribution in [1.29, 1.82) is 0 Å². The molecular weight excluding hydrogens is 336 g/mol. The van der Waals surface area contributed by atoms with Gasteiger partial charge in [-0.2, -0.15) is 0 Å². The van der Waals surface area contributed by atoms with Crippen LogP contribution in [0.3, 0.4) is 0 Å². The molecule has 1 aromatic carbocycles. The third kappa shape index (κ3) is 3.04. The van der Waals surface area contributed by atoms with Gasteiger partial charge in [0.25, 0.3) is 10.0 Å². The van der Waals surface area contributed by atoms with E-state index in [1.165, 1.54) is 11.3 Å². The zero-order chi connectivity index (χ0) is 13.2. The van der Waals surface area contributed by atoms with Crippen molar-refractivity contribution < 1.29 is 8.42 Å². The monoisotopic (exact) mass is 346 g/mol. The molecule has 0 bridgehead atoms. The number of thiophene rings is 1. The summed E-state index contributed by atoms with van der Waals surface area (Å²) in [5, 5.41) is 2.97. The van der Waals surface area contributed by atoms with Crippen molar-refractivity contribution in [3.8, 4) is 0 Å². The molecule has 96 valence electrons. The fourth-order valence-electron chi connectivity index (χ4n) is 1.35. The minimum absolute atomic E-state index is 0.284. The van der Waals surface area contributed by atoms with Gasteiger partial charge in [0.15, 0.2) is 0 Å². The van der Waals surface area contributed by atoms with Gasteiger partial charge in [-0.05, 0) is 52.3 Å². The average Bonchev–Trinajstić information content (AvgIpc) is 2.77. The number of halogens is 1. The van der Waals surface area contributed by atoms with Crippen molar-refractivity contribution in [2.45, 2.75) is 4.21 Å². The molecule has 0 aliphatic heterocycles. The van der Waals surface area contributed by atoms with Gasteiger partial charge >= 0.3 is 0 Å². The highest BCUT2D eigenvalue weighted by atomic mass is 79.9. The minimum atomic E-state index is -3.49. The normalized spacial score (nSPS) is 11.2. The fraction of sp³-hybridized carbons (Fsp3) is 0.0909. The average molecular weight is 347 g/mol. The lowest BCUT2D eigenvalue weighted by molar-refractivity contribution is 0.603. The number of nitrogens with one attached hydrogen (secondary N) is 2. The van der Waals surface area contributed by atoms with Crippen molar-refractivity contribution in [3.63, 3.8) is 0 Å². The summed E-state index contributed by atoms with van der Waals surface area (Å²) >= 11 is 4.42. The topological polar surface area (TPSA) is 58.2 Å². The maximum Gasteiger partial charge on any atom is 0.271 e. The van der Waals surface area contributed by atoms with Crippen molar-refractivity contribution in [1.82, 2.24) is 0 Å². The van der Waals surface area contributed by atoms with Gasteiger partial charge < -0.3 is 5.32 Å². The highest BCUT2D eigenvalue weighted by Gasteiger charge is 2.16. The highest BCUT2D eigenvalue weighted by Crippen LogP contribution is 2.27. The molecule has 18 heavy (non-hydrogen) atoms. The molecule has 0 radical (unpaired) electrons. The van der Waals surface area contributed by atoms with E-state index in [-0.39, 0.29) is 4.21 Å². The van der Waals surface area contributed by atoms with E-state index < -0.39 is 10.0 Å². The molecule has 0 aliphatic carbocycles. The second-order valence-electron chi connectivity index (χ2n) is 3.49. The van der Waals surface area contributed by atoms with E-state index >= 15 is 0 Å². The van der Waals surface area contributed by atoms with Crippen LogP contribution in [0.25, 0.3) is 0 Å². The number of sulfonamides is 1. The third-order valence-corrected chi connectivity index (χ3v) is 5.74. The van der Waals surface area contributed by atoms with E-state index in [4.69, 9.17) is 0 Å². The number of rotatable bonds is 4. The molecule has 1 heterocycles. The Labute approximate surface area is 118 Å². The molecule has 0 spiro atoms. The summed E-state index contributed by atoms with van der Waals surface area (Å²) in [5.74, 6) is 0. The quantitative estimate of drug-likeness (QED) is 0.892. The third-order valence-electron chi connectivity index (χ3n) is 2.24. The number of hydrogen-bond donors (Lipinski definition) is 2. The SMILES string of the molecule is CNc1ccc(NS(=O)(=O)c2ccc(Br)s2)cc1. The maximum atomic E-state index is 12.0. The zero-order valence-corrected chi connectivity index (χ0v) is 12.7. The maximum absolute atomic E-state index is 12.0. The molecule has 0 unspecified atom stereocenters. The molecule has 2 rings (SSSR count). The molecule has 1 aromatic heterocycles. The molecule has 0 fully saturated rings. The van der Waals surface area contributed by atoms with Crippen LogP contribution in [0.15, 0.2) is 44.4 Å². The van der Waals surface area contributed by atoms with Gasteiger partial charge in [0.05, 0.1) is 3.79 Å². The Morgan fingerprint density at radius 3 is 2.17 bits per heavy atom. The van der Waals surface area contributed by atoms with Gasteiger partial charge in [0, 0.05) is 18.4 Å². The first-order valence-corrected chi connectivity index (χ1v) is 8.16. The van der Waals surface area contributed by atoms with Crippen molar-refractivity contribution in [2.24, 2.45) is 0 Å². The first-order valence-electron chi connectivity index (χ1n) is 5.07. The largest absolute Gasteiger partial charge is 0.388 e. The molecular formula is C11H11BrN2O2S2. The van der Waals surface area contributed by atoms with E-state index in [1.54, 1.807) is 24.3 Å². The predicted molar refractivity (Wildman–Crippen MR) is 78.8 cm³/mol. The summed E-state index contributed by atoms with van der Waals surface area (Å²) in [5.41, 5.74) is 1.47. The second kappa shape index (κ2) is 5.29. The molecule has 4 nitrogen and oxygen atoms in total. The molecule has 2 aromatic rings. The minimum Gasteiger partial charge on any atom is -0.388 e. The van der Waals surface area contributed by atoms with Crippen LogP contribution in [0.2, 0.25) is 0 Å². The Hall–Kier alpha value is -1.05. The highest BCUT2D eigenvalue weighted by molar-refractivity contribution is 9.11. The Kier molecular flexibility index (Phi) is 3.94. The predicted octanol–water partition coefficient (Wildman–Crippen LogP) is 3.35. The molecule has 0 atom stereocenters. The molecule has 0 aliphatic rings. The second-order valence-corrected chi connectivity index (χ2v) is 7.86. The lowest BCUT2D eigenvalue weighted by atomic mass is 10.3. The molecule has 0 saturated heterocycles. The van der Waals surface area contributed by atoms with E-state index in [0.29, 0.717) is 5.69 Å². The van der Waals surface area contributed by atoms with Gasteiger partial charge in [0.1, 0.15) is 4.21 Å². The fourth-order valence-corrected chi connectivity index (χ4v) is 4.42. The lowest BCUT2D eigenvalue weighted by Crippen LogP contribution is -2.11. The van der Waals surface area contributed by atoms with Crippen molar-refractivity contribution in [3.05, 3.63) is 40.2 Å². The summed E-state index contributed by atoms with van der Waals surface area (Å²) < 4.78 is 27.7. The van der Waals surface area contributed by atoms with Gasteiger partial charge in [-0.15, -0.1) is 11.3 Å². The van der Waals surface area contributed by atoms with Crippen molar-refractivity contribution >= 4 is 48.7 Å². The van der Waals surface area contributed by atoms with E-state index in [0.717, 1.165) is 9.47 Å². The number of anilines is 2. The van der Waals surface area contributed by atoms with Gasteiger partial charge in [-0.3, -0.25) is 4.72 Å². The smallest absolute Gasteiger partial charge is 0.271 e. The van der Waals surface area contributed by atoms with Crippen LogP contribution < -0.4 is 10.0 Å². The van der Waals surface area contributed by atoms with Crippen LogP contribution in [0, 0.1) is 0 Å². The first kappa shape index (κ1) is 13.4. The van der Waals surface area contributed by atoms with E-state index in [2.05, 4.69) is 26.0 Å². The lowest BCUT2D eigenvalue weighted by Gasteiger charge is -2.07. The number of hydrogen-bond acceptors (Lipinski definition) is 4. The molecule has 0 saturated carbocycles. The van der Waals surface area contributed by atoms with Crippen LogP contribution in [0.4, 0.5) is 11.4 Å². The van der Waals surface area contributed by atoms with Crippen molar-refractivity contribution in [2.75, 3.05) is 17.1 Å². The Morgan fingerprint density at radius 1 is 1.06 bits per heavy atom. The Balaban J connectivity index is 2.22. The van der Waals surface area contributed by atoms with Crippen LogP contribution in [0.1, 0.15) is 0 Å². The van der Waals surface area contributed by atoms with E-state index in [1.807, 2.05) is 19.2 Å².